The molecule has 4 nitrogen and oxygen atoms in total. The third kappa shape index (κ3) is 5.41. The molecule has 0 spiro atoms. The van der Waals surface area contributed by atoms with Crippen LogP contribution in [0.25, 0.3) is 0 Å². The van der Waals surface area contributed by atoms with Crippen molar-refractivity contribution in [1.29, 1.82) is 0 Å². The number of aryl methyl sites for hydroxylation is 1. The minimum Gasteiger partial charge on any atom is -0.396 e. The molecule has 0 bridgehead atoms. The third-order valence-corrected chi connectivity index (χ3v) is 5.07. The van der Waals surface area contributed by atoms with Crippen LogP contribution >= 0.6 is 0 Å². The van der Waals surface area contributed by atoms with Crippen LogP contribution in [0.5, 0.6) is 0 Å². The van der Waals surface area contributed by atoms with Crippen LogP contribution in [0.15, 0.2) is 23.1 Å². The van der Waals surface area contributed by atoms with E-state index in [4.69, 9.17) is 5.11 Å². The molecule has 0 fully saturated rings. The van der Waals surface area contributed by atoms with Crippen molar-refractivity contribution in [2.75, 3.05) is 13.2 Å². The minimum atomic E-state index is -3.47. The maximum Gasteiger partial charge on any atom is 0.240 e. The van der Waals surface area contributed by atoms with Gasteiger partial charge in [0.1, 0.15) is 0 Å². The Morgan fingerprint density at radius 2 is 1.81 bits per heavy atom. The van der Waals surface area contributed by atoms with Gasteiger partial charge < -0.3 is 5.11 Å². The van der Waals surface area contributed by atoms with Gasteiger partial charge >= 0.3 is 0 Å². The molecule has 120 valence electrons. The van der Waals surface area contributed by atoms with Gasteiger partial charge in [0.15, 0.2) is 0 Å². The molecule has 0 aliphatic rings. The van der Waals surface area contributed by atoms with Crippen molar-refractivity contribution in [3.05, 3.63) is 29.3 Å². The van der Waals surface area contributed by atoms with E-state index in [-0.39, 0.29) is 12.0 Å². The summed E-state index contributed by atoms with van der Waals surface area (Å²) in [6.45, 7) is 8.57. The largest absolute Gasteiger partial charge is 0.396 e. The molecule has 2 N–H and O–H groups in total. The van der Waals surface area contributed by atoms with Crippen LogP contribution in [-0.2, 0) is 15.4 Å². The van der Waals surface area contributed by atoms with E-state index in [1.165, 1.54) is 0 Å². The molecule has 0 saturated carbocycles. The molecular formula is C16H27NO3S. The van der Waals surface area contributed by atoms with Crippen LogP contribution < -0.4 is 4.72 Å². The molecule has 5 heteroatoms. The van der Waals surface area contributed by atoms with E-state index in [9.17, 15) is 8.42 Å². The Labute approximate surface area is 128 Å². The van der Waals surface area contributed by atoms with E-state index in [0.717, 1.165) is 24.0 Å². The Morgan fingerprint density at radius 3 is 2.38 bits per heavy atom. The van der Waals surface area contributed by atoms with E-state index in [2.05, 4.69) is 25.5 Å². The Hall–Kier alpha value is -0.910. The van der Waals surface area contributed by atoms with Crippen molar-refractivity contribution in [2.45, 2.75) is 57.3 Å². The molecule has 0 aliphatic heterocycles. The molecular weight excluding hydrogens is 286 g/mol. The highest BCUT2D eigenvalue weighted by molar-refractivity contribution is 7.89. The zero-order valence-electron chi connectivity index (χ0n) is 13.4. The summed E-state index contributed by atoms with van der Waals surface area (Å²) in [4.78, 5) is 0.358. The normalized spacial score (nSPS) is 12.6. The van der Waals surface area contributed by atoms with Crippen LogP contribution in [0.3, 0.4) is 0 Å². The summed E-state index contributed by atoms with van der Waals surface area (Å²) in [5.74, 6) is 0. The van der Waals surface area contributed by atoms with Crippen molar-refractivity contribution in [1.82, 2.24) is 4.72 Å². The first-order chi connectivity index (χ1) is 9.68. The summed E-state index contributed by atoms with van der Waals surface area (Å²) < 4.78 is 27.5. The van der Waals surface area contributed by atoms with Gasteiger partial charge in [-0.25, -0.2) is 13.1 Å². The maximum absolute atomic E-state index is 12.4. The lowest BCUT2D eigenvalue weighted by atomic mass is 9.87. The first-order valence-corrected chi connectivity index (χ1v) is 8.88. The molecule has 0 aromatic heterocycles. The SMILES string of the molecule is Cc1ccc(C(C)(C)C)cc1S(=O)(=O)NCCCCCO. The molecule has 21 heavy (non-hydrogen) atoms. The number of aliphatic hydroxyl groups is 1. The number of benzene rings is 1. The number of sulfonamides is 1. The smallest absolute Gasteiger partial charge is 0.240 e. The van der Waals surface area contributed by atoms with Gasteiger partial charge in [0, 0.05) is 13.2 Å². The summed E-state index contributed by atoms with van der Waals surface area (Å²) >= 11 is 0. The minimum absolute atomic E-state index is 0.0842. The van der Waals surface area contributed by atoms with Crippen molar-refractivity contribution < 1.29 is 13.5 Å². The Balaban J connectivity index is 2.87. The van der Waals surface area contributed by atoms with Crippen molar-refractivity contribution in [3.63, 3.8) is 0 Å². The van der Waals surface area contributed by atoms with Crippen LogP contribution in [-0.4, -0.2) is 26.7 Å². The molecule has 0 aliphatic carbocycles. The Morgan fingerprint density at radius 1 is 1.14 bits per heavy atom. The van der Waals surface area contributed by atoms with Crippen LogP contribution in [0.2, 0.25) is 0 Å². The molecule has 1 rings (SSSR count). The van der Waals surface area contributed by atoms with Gasteiger partial charge in [-0.15, -0.1) is 0 Å². The third-order valence-electron chi connectivity index (χ3n) is 3.47. The molecule has 0 heterocycles. The van der Waals surface area contributed by atoms with E-state index >= 15 is 0 Å². The first kappa shape index (κ1) is 18.1. The second-order valence-corrected chi connectivity index (χ2v) is 8.15. The summed E-state index contributed by atoms with van der Waals surface area (Å²) in [7, 11) is -3.47. The van der Waals surface area contributed by atoms with Crippen molar-refractivity contribution in [3.8, 4) is 0 Å². The second kappa shape index (κ2) is 7.38. The Bertz CT molecular complexity index is 559. The van der Waals surface area contributed by atoms with E-state index in [0.29, 0.717) is 17.9 Å². The van der Waals surface area contributed by atoms with E-state index < -0.39 is 10.0 Å². The lowest BCUT2D eigenvalue weighted by molar-refractivity contribution is 0.283. The topological polar surface area (TPSA) is 66.4 Å². The highest BCUT2D eigenvalue weighted by Gasteiger charge is 2.20. The summed E-state index contributed by atoms with van der Waals surface area (Å²) in [6, 6.07) is 5.61. The lowest BCUT2D eigenvalue weighted by Gasteiger charge is -2.21. The summed E-state index contributed by atoms with van der Waals surface area (Å²) in [5.41, 5.74) is 1.68. The monoisotopic (exact) mass is 313 g/mol. The molecule has 0 saturated heterocycles. The molecule has 0 radical (unpaired) electrons. The second-order valence-electron chi connectivity index (χ2n) is 6.41. The van der Waals surface area contributed by atoms with Crippen molar-refractivity contribution in [2.24, 2.45) is 0 Å². The first-order valence-electron chi connectivity index (χ1n) is 7.40. The molecule has 1 aromatic carbocycles. The van der Waals surface area contributed by atoms with Gasteiger partial charge in [-0.2, -0.15) is 0 Å². The number of hydrogen-bond acceptors (Lipinski definition) is 3. The maximum atomic E-state index is 12.4. The number of aliphatic hydroxyl groups excluding tert-OH is 1. The summed E-state index contributed by atoms with van der Waals surface area (Å²) in [6.07, 6.45) is 2.26. The molecule has 0 unspecified atom stereocenters. The fourth-order valence-electron chi connectivity index (χ4n) is 2.05. The summed E-state index contributed by atoms with van der Waals surface area (Å²) in [5, 5.41) is 8.71. The van der Waals surface area contributed by atoms with Gasteiger partial charge in [-0.1, -0.05) is 32.9 Å². The fraction of sp³-hybridized carbons (Fsp3) is 0.625. The zero-order chi connectivity index (χ0) is 16.1. The lowest BCUT2D eigenvalue weighted by Crippen LogP contribution is -2.26. The molecule has 0 amide bonds. The van der Waals surface area contributed by atoms with Crippen LogP contribution in [0, 0.1) is 6.92 Å². The number of rotatable bonds is 7. The number of hydrogen-bond donors (Lipinski definition) is 2. The van der Waals surface area contributed by atoms with Gasteiger partial charge in [-0.05, 0) is 48.8 Å². The van der Waals surface area contributed by atoms with Crippen LogP contribution in [0.1, 0.15) is 51.2 Å². The predicted octanol–water partition coefficient (Wildman–Crippen LogP) is 2.73. The average Bonchev–Trinajstić information content (AvgIpc) is 2.37. The van der Waals surface area contributed by atoms with Gasteiger partial charge in [0.25, 0.3) is 0 Å². The van der Waals surface area contributed by atoms with Crippen LogP contribution in [0.4, 0.5) is 0 Å². The van der Waals surface area contributed by atoms with E-state index in [1.807, 2.05) is 19.1 Å². The van der Waals surface area contributed by atoms with Crippen molar-refractivity contribution >= 4 is 10.0 Å². The zero-order valence-corrected chi connectivity index (χ0v) is 14.3. The predicted molar refractivity (Wildman–Crippen MR) is 86.0 cm³/mol. The molecule has 0 atom stereocenters. The van der Waals surface area contributed by atoms with Gasteiger partial charge in [0.05, 0.1) is 4.90 Å². The number of unbranched alkanes of at least 4 members (excludes halogenated alkanes) is 2. The highest BCUT2D eigenvalue weighted by atomic mass is 32.2. The highest BCUT2D eigenvalue weighted by Crippen LogP contribution is 2.26. The van der Waals surface area contributed by atoms with Gasteiger partial charge in [-0.3, -0.25) is 0 Å². The quantitative estimate of drug-likeness (QED) is 0.761. The fourth-order valence-corrected chi connectivity index (χ4v) is 3.40. The van der Waals surface area contributed by atoms with Gasteiger partial charge in [0.2, 0.25) is 10.0 Å². The Kier molecular flexibility index (Phi) is 6.38. The number of nitrogens with one attached hydrogen (secondary N) is 1. The van der Waals surface area contributed by atoms with E-state index in [1.54, 1.807) is 6.07 Å². The standard InChI is InChI=1S/C16H27NO3S/c1-13-8-9-14(16(2,3)4)12-15(13)21(19,20)17-10-6-5-7-11-18/h8-9,12,17-18H,5-7,10-11H2,1-4H3. The molecule has 1 aromatic rings. The average molecular weight is 313 g/mol.